The summed E-state index contributed by atoms with van der Waals surface area (Å²) in [5.41, 5.74) is -0.0394. The van der Waals surface area contributed by atoms with Gasteiger partial charge in [0.1, 0.15) is 12.1 Å². The molecule has 10 nitrogen and oxygen atoms in total. The molecule has 2 saturated heterocycles. The normalized spacial score (nSPS) is 17.7. The Morgan fingerprint density at radius 3 is 2.43 bits per heavy atom. The minimum Gasteiger partial charge on any atom is -0.363 e. The Balaban J connectivity index is 1.41. The van der Waals surface area contributed by atoms with E-state index in [0.29, 0.717) is 31.3 Å². The molecule has 2 aliphatic rings. The van der Waals surface area contributed by atoms with Gasteiger partial charge in [-0.25, -0.2) is 15.0 Å². The predicted molar refractivity (Wildman–Crippen MR) is 116 cm³/mol. The largest absolute Gasteiger partial charge is 0.363 e. The Morgan fingerprint density at radius 2 is 1.73 bits per heavy atom. The van der Waals surface area contributed by atoms with E-state index in [0.717, 1.165) is 38.5 Å². The molecule has 0 unspecified atom stereocenters. The number of piperazine rings is 1. The maximum atomic E-state index is 11.9. The highest BCUT2D eigenvalue weighted by Gasteiger charge is 2.29. The molecule has 4 rings (SSSR count). The minimum atomic E-state index is -0.371. The van der Waals surface area contributed by atoms with Gasteiger partial charge in [0.2, 0.25) is 11.6 Å². The Hall–Kier alpha value is -3.01. The van der Waals surface area contributed by atoms with E-state index in [1.807, 2.05) is 23.1 Å². The number of piperidine rings is 1. The third-order valence-electron chi connectivity index (χ3n) is 5.71. The minimum absolute atomic E-state index is 0.0394. The Kier molecular flexibility index (Phi) is 6.53. The van der Waals surface area contributed by atoms with E-state index in [9.17, 15) is 10.1 Å². The molecule has 0 bridgehead atoms. The van der Waals surface area contributed by atoms with Crippen LogP contribution >= 0.6 is 0 Å². The van der Waals surface area contributed by atoms with Gasteiger partial charge in [-0.05, 0) is 38.1 Å². The number of nitrogens with zero attached hydrogens (tertiary/aromatic N) is 7. The zero-order valence-electron chi connectivity index (χ0n) is 17.1. The van der Waals surface area contributed by atoms with Gasteiger partial charge >= 0.3 is 5.69 Å². The second kappa shape index (κ2) is 9.66. The number of hydrogen-bond acceptors (Lipinski definition) is 9. The van der Waals surface area contributed by atoms with Gasteiger partial charge < -0.3 is 20.0 Å². The van der Waals surface area contributed by atoms with Crippen LogP contribution in [-0.4, -0.2) is 77.1 Å². The number of aromatic nitrogens is 3. The maximum absolute atomic E-state index is 11.9. The van der Waals surface area contributed by atoms with Crippen molar-refractivity contribution in [2.45, 2.75) is 19.3 Å². The lowest BCUT2D eigenvalue weighted by Crippen LogP contribution is -2.47. The molecule has 4 heterocycles. The van der Waals surface area contributed by atoms with E-state index < -0.39 is 0 Å². The van der Waals surface area contributed by atoms with Crippen molar-refractivity contribution >= 4 is 23.1 Å². The van der Waals surface area contributed by atoms with E-state index in [1.165, 1.54) is 25.6 Å². The first-order valence-electron chi connectivity index (χ1n) is 10.6. The molecule has 0 saturated carbocycles. The Morgan fingerprint density at radius 1 is 0.967 bits per heavy atom. The fourth-order valence-corrected chi connectivity index (χ4v) is 4.10. The quantitative estimate of drug-likeness (QED) is 0.540. The molecular formula is C20H28N8O2. The highest BCUT2D eigenvalue weighted by molar-refractivity contribution is 5.70. The molecule has 1 N–H and O–H groups in total. The predicted octanol–water partition coefficient (Wildman–Crippen LogP) is 2.00. The fourth-order valence-electron chi connectivity index (χ4n) is 4.10. The summed E-state index contributed by atoms with van der Waals surface area (Å²) in [7, 11) is 0. The summed E-state index contributed by atoms with van der Waals surface area (Å²) in [5.74, 6) is 1.61. The fraction of sp³-hybridized carbons (Fsp3) is 0.550. The van der Waals surface area contributed by atoms with Crippen LogP contribution in [0.2, 0.25) is 0 Å². The van der Waals surface area contributed by atoms with Gasteiger partial charge in [-0.3, -0.25) is 10.1 Å². The lowest BCUT2D eigenvalue weighted by molar-refractivity contribution is -0.383. The van der Waals surface area contributed by atoms with Gasteiger partial charge in [0.25, 0.3) is 0 Å². The third-order valence-corrected chi connectivity index (χ3v) is 5.71. The first kappa shape index (κ1) is 20.3. The number of nitro groups is 1. The molecule has 0 aliphatic carbocycles. The standard InChI is InChI=1S/C20H28N8O2/c29-28(30)18-19(22-8-11-25-9-4-1-5-10-25)23-16-24-20(18)27-14-12-26(13-15-27)17-6-2-3-7-21-17/h2-3,6-7,16H,1,4-5,8-15H2,(H,22,23,24). The topological polar surface area (TPSA) is 104 Å². The summed E-state index contributed by atoms with van der Waals surface area (Å²) in [6.45, 7) is 6.43. The van der Waals surface area contributed by atoms with Crippen LogP contribution in [-0.2, 0) is 0 Å². The highest BCUT2D eigenvalue weighted by Crippen LogP contribution is 2.32. The van der Waals surface area contributed by atoms with Gasteiger partial charge in [0.05, 0.1) is 4.92 Å². The Bertz CT molecular complexity index is 836. The Labute approximate surface area is 176 Å². The van der Waals surface area contributed by atoms with Crippen molar-refractivity contribution in [3.05, 3.63) is 40.8 Å². The van der Waals surface area contributed by atoms with Crippen molar-refractivity contribution < 1.29 is 4.92 Å². The summed E-state index contributed by atoms with van der Waals surface area (Å²) < 4.78 is 0. The lowest BCUT2D eigenvalue weighted by Gasteiger charge is -2.35. The van der Waals surface area contributed by atoms with Crippen LogP contribution in [0.25, 0.3) is 0 Å². The number of rotatable bonds is 7. The van der Waals surface area contributed by atoms with Crippen molar-refractivity contribution in [1.29, 1.82) is 0 Å². The molecule has 0 aromatic carbocycles. The number of anilines is 3. The van der Waals surface area contributed by atoms with Crippen molar-refractivity contribution in [2.75, 3.05) is 67.5 Å². The van der Waals surface area contributed by atoms with Crippen LogP contribution in [0, 0.1) is 10.1 Å². The summed E-state index contributed by atoms with van der Waals surface area (Å²) in [6, 6.07) is 5.84. The molecule has 0 spiro atoms. The molecule has 0 atom stereocenters. The van der Waals surface area contributed by atoms with E-state index in [1.54, 1.807) is 6.20 Å². The van der Waals surface area contributed by atoms with Crippen LogP contribution in [0.1, 0.15) is 19.3 Å². The molecule has 2 aromatic rings. The zero-order chi connectivity index (χ0) is 20.8. The summed E-state index contributed by atoms with van der Waals surface area (Å²) in [4.78, 5) is 30.9. The van der Waals surface area contributed by atoms with Gasteiger partial charge in [-0.2, -0.15) is 0 Å². The van der Waals surface area contributed by atoms with Crippen molar-refractivity contribution in [2.24, 2.45) is 0 Å². The highest BCUT2D eigenvalue weighted by atomic mass is 16.6. The first-order chi connectivity index (χ1) is 14.7. The molecule has 2 aromatic heterocycles. The van der Waals surface area contributed by atoms with Gasteiger partial charge in [-0.15, -0.1) is 0 Å². The number of likely N-dealkylation sites (tertiary alicyclic amines) is 1. The summed E-state index contributed by atoms with van der Waals surface area (Å²) in [6.07, 6.45) is 6.93. The summed E-state index contributed by atoms with van der Waals surface area (Å²) >= 11 is 0. The summed E-state index contributed by atoms with van der Waals surface area (Å²) in [5, 5.41) is 15.0. The van der Waals surface area contributed by atoms with Crippen LogP contribution in [0.5, 0.6) is 0 Å². The number of pyridine rings is 1. The number of nitrogens with one attached hydrogen (secondary N) is 1. The molecular weight excluding hydrogens is 384 g/mol. The second-order valence-corrected chi connectivity index (χ2v) is 7.64. The zero-order valence-corrected chi connectivity index (χ0v) is 17.1. The molecule has 0 radical (unpaired) electrons. The van der Waals surface area contributed by atoms with Crippen LogP contribution in [0.15, 0.2) is 30.7 Å². The molecule has 2 aliphatic heterocycles. The molecule has 30 heavy (non-hydrogen) atoms. The van der Waals surface area contributed by atoms with E-state index in [2.05, 4.69) is 30.1 Å². The first-order valence-corrected chi connectivity index (χ1v) is 10.6. The lowest BCUT2D eigenvalue weighted by atomic mass is 10.1. The van der Waals surface area contributed by atoms with Crippen molar-refractivity contribution in [1.82, 2.24) is 19.9 Å². The SMILES string of the molecule is O=[N+]([O-])c1c(NCCN2CCCCC2)ncnc1N1CCN(c2ccccn2)CC1. The van der Waals surface area contributed by atoms with E-state index in [4.69, 9.17) is 0 Å². The van der Waals surface area contributed by atoms with E-state index in [-0.39, 0.29) is 10.6 Å². The third kappa shape index (κ3) is 4.76. The van der Waals surface area contributed by atoms with Crippen molar-refractivity contribution in [3.8, 4) is 0 Å². The monoisotopic (exact) mass is 412 g/mol. The average Bonchev–Trinajstić information content (AvgIpc) is 2.80. The average molecular weight is 412 g/mol. The second-order valence-electron chi connectivity index (χ2n) is 7.64. The van der Waals surface area contributed by atoms with Crippen LogP contribution < -0.4 is 15.1 Å². The molecule has 0 amide bonds. The smallest absolute Gasteiger partial charge is 0.353 e. The molecule has 2 fully saturated rings. The molecule has 10 heteroatoms. The number of hydrogen-bond donors (Lipinski definition) is 1. The van der Waals surface area contributed by atoms with Crippen LogP contribution in [0.4, 0.5) is 23.1 Å². The van der Waals surface area contributed by atoms with Crippen molar-refractivity contribution in [3.63, 3.8) is 0 Å². The van der Waals surface area contributed by atoms with Crippen LogP contribution in [0.3, 0.4) is 0 Å². The van der Waals surface area contributed by atoms with E-state index >= 15 is 0 Å². The molecule has 160 valence electrons. The van der Waals surface area contributed by atoms with Gasteiger partial charge in [-0.1, -0.05) is 12.5 Å². The van der Waals surface area contributed by atoms with Gasteiger partial charge in [0.15, 0.2) is 0 Å². The van der Waals surface area contributed by atoms with Gasteiger partial charge in [0, 0.05) is 45.5 Å². The maximum Gasteiger partial charge on any atom is 0.353 e.